The molecule has 0 aliphatic carbocycles. The van der Waals surface area contributed by atoms with Crippen LogP contribution in [0.15, 0.2) is 71.6 Å². The quantitative estimate of drug-likeness (QED) is 0.529. The Labute approximate surface area is 188 Å². The molecule has 3 aromatic rings. The number of fused-ring (bicyclic) bond motifs is 1. The van der Waals surface area contributed by atoms with Crippen molar-refractivity contribution in [3.63, 3.8) is 0 Å². The van der Waals surface area contributed by atoms with Crippen molar-refractivity contribution in [1.82, 2.24) is 9.80 Å². The predicted molar refractivity (Wildman–Crippen MR) is 127 cm³/mol. The lowest BCUT2D eigenvalue weighted by Crippen LogP contribution is -2.45. The van der Waals surface area contributed by atoms with E-state index in [9.17, 15) is 9.59 Å². The van der Waals surface area contributed by atoms with Gasteiger partial charge in [0.25, 0.3) is 5.91 Å². The highest BCUT2D eigenvalue weighted by atomic mass is 32.2. The van der Waals surface area contributed by atoms with Crippen molar-refractivity contribution in [3.05, 3.63) is 77.9 Å². The van der Waals surface area contributed by atoms with Gasteiger partial charge in [0.1, 0.15) is 0 Å². The molecule has 1 aliphatic heterocycles. The van der Waals surface area contributed by atoms with Gasteiger partial charge in [-0.15, -0.1) is 11.8 Å². The molecule has 160 valence electrons. The number of piperidine rings is 1. The van der Waals surface area contributed by atoms with E-state index in [1.54, 1.807) is 16.7 Å². The van der Waals surface area contributed by atoms with Crippen molar-refractivity contribution in [2.75, 3.05) is 26.4 Å². The highest BCUT2D eigenvalue weighted by molar-refractivity contribution is 7.98. The zero-order valence-corrected chi connectivity index (χ0v) is 18.9. The third-order valence-corrected chi connectivity index (χ3v) is 6.78. The van der Waals surface area contributed by atoms with Crippen molar-refractivity contribution < 1.29 is 9.59 Å². The Morgan fingerprint density at radius 3 is 2.55 bits per heavy atom. The fraction of sp³-hybridized carbons (Fsp3) is 0.308. The minimum absolute atomic E-state index is 0.0182. The second kappa shape index (κ2) is 9.56. The molecule has 4 nitrogen and oxygen atoms in total. The van der Waals surface area contributed by atoms with E-state index in [1.807, 2.05) is 54.4 Å². The largest absolute Gasteiger partial charge is 0.341 e. The first-order valence-electron chi connectivity index (χ1n) is 10.7. The molecule has 0 aromatic heterocycles. The van der Waals surface area contributed by atoms with Crippen LogP contribution < -0.4 is 0 Å². The van der Waals surface area contributed by atoms with Crippen LogP contribution in [0, 0.1) is 5.92 Å². The molecule has 0 spiro atoms. The molecule has 5 heteroatoms. The van der Waals surface area contributed by atoms with Crippen LogP contribution >= 0.6 is 11.8 Å². The number of nitrogens with zero attached hydrogens (tertiary/aromatic N) is 2. The van der Waals surface area contributed by atoms with E-state index in [-0.39, 0.29) is 17.7 Å². The van der Waals surface area contributed by atoms with E-state index in [2.05, 4.69) is 30.5 Å². The highest BCUT2D eigenvalue weighted by Crippen LogP contribution is 2.25. The zero-order valence-electron chi connectivity index (χ0n) is 18.1. The van der Waals surface area contributed by atoms with Gasteiger partial charge in [0.2, 0.25) is 5.91 Å². The van der Waals surface area contributed by atoms with E-state index in [0.29, 0.717) is 25.2 Å². The highest BCUT2D eigenvalue weighted by Gasteiger charge is 2.31. The zero-order chi connectivity index (χ0) is 21.8. The summed E-state index contributed by atoms with van der Waals surface area (Å²) < 4.78 is 0. The lowest BCUT2D eigenvalue weighted by Gasteiger charge is -2.34. The minimum atomic E-state index is -0.150. The normalized spacial score (nSPS) is 16.3. The Morgan fingerprint density at radius 1 is 1.03 bits per heavy atom. The van der Waals surface area contributed by atoms with E-state index >= 15 is 0 Å². The maximum absolute atomic E-state index is 13.3. The molecule has 31 heavy (non-hydrogen) atoms. The standard InChI is InChI=1S/C26H28N2O2S/c1-27(17-19-12-14-22(31-2)15-13-19)25(29)21-9-6-16-28(18-21)26(30)24-11-5-8-20-7-3-4-10-23(20)24/h3-5,7-8,10-15,21H,6,9,16-18H2,1-2H3/t21-/m1/s1. The number of thioether (sulfide) groups is 1. The van der Waals surface area contributed by atoms with Gasteiger partial charge in [-0.3, -0.25) is 9.59 Å². The maximum atomic E-state index is 13.3. The summed E-state index contributed by atoms with van der Waals surface area (Å²) in [6.45, 7) is 1.77. The summed E-state index contributed by atoms with van der Waals surface area (Å²) in [7, 11) is 1.86. The van der Waals surface area contributed by atoms with Crippen LogP contribution in [-0.2, 0) is 11.3 Å². The number of hydrogen-bond donors (Lipinski definition) is 0. The Bertz CT molecular complexity index is 1070. The van der Waals surface area contributed by atoms with Crippen molar-refractivity contribution in [1.29, 1.82) is 0 Å². The molecule has 1 aliphatic rings. The van der Waals surface area contributed by atoms with Gasteiger partial charge < -0.3 is 9.80 Å². The summed E-state index contributed by atoms with van der Waals surface area (Å²) in [6.07, 6.45) is 3.73. The van der Waals surface area contributed by atoms with Crippen LogP contribution in [0.5, 0.6) is 0 Å². The van der Waals surface area contributed by atoms with Gasteiger partial charge in [0.05, 0.1) is 5.92 Å². The van der Waals surface area contributed by atoms with E-state index in [4.69, 9.17) is 0 Å². The monoisotopic (exact) mass is 432 g/mol. The molecule has 0 bridgehead atoms. The lowest BCUT2D eigenvalue weighted by molar-refractivity contribution is -0.136. The molecule has 0 radical (unpaired) electrons. The van der Waals surface area contributed by atoms with E-state index in [1.165, 1.54) is 4.90 Å². The van der Waals surface area contributed by atoms with Gasteiger partial charge in [0.15, 0.2) is 0 Å². The number of carbonyl (C=O) groups excluding carboxylic acids is 2. The third-order valence-electron chi connectivity index (χ3n) is 6.03. The number of rotatable bonds is 5. The Kier molecular flexibility index (Phi) is 6.62. The minimum Gasteiger partial charge on any atom is -0.341 e. The van der Waals surface area contributed by atoms with Crippen LogP contribution in [0.25, 0.3) is 10.8 Å². The summed E-state index contributed by atoms with van der Waals surface area (Å²) in [5.74, 6) is -0.0166. The van der Waals surface area contributed by atoms with Crippen molar-refractivity contribution >= 4 is 34.3 Å². The second-order valence-electron chi connectivity index (χ2n) is 8.16. The number of likely N-dealkylation sites (tertiary alicyclic amines) is 1. The van der Waals surface area contributed by atoms with E-state index < -0.39 is 0 Å². The summed E-state index contributed by atoms with van der Waals surface area (Å²) >= 11 is 1.71. The summed E-state index contributed by atoms with van der Waals surface area (Å²) in [5, 5.41) is 2.03. The Morgan fingerprint density at radius 2 is 1.77 bits per heavy atom. The molecular formula is C26H28N2O2S. The average molecular weight is 433 g/mol. The van der Waals surface area contributed by atoms with Crippen molar-refractivity contribution in [2.45, 2.75) is 24.3 Å². The topological polar surface area (TPSA) is 40.6 Å². The number of amides is 2. The number of benzene rings is 3. The molecule has 1 heterocycles. The van der Waals surface area contributed by atoms with Gasteiger partial charge in [-0.1, -0.05) is 48.5 Å². The SMILES string of the molecule is CSc1ccc(CN(C)C(=O)[C@@H]2CCCN(C(=O)c3cccc4ccccc34)C2)cc1. The third kappa shape index (κ3) is 4.77. The van der Waals surface area contributed by atoms with Gasteiger partial charge >= 0.3 is 0 Å². The smallest absolute Gasteiger partial charge is 0.254 e. The molecule has 1 fully saturated rings. The van der Waals surface area contributed by atoms with E-state index in [0.717, 1.165) is 29.2 Å². The van der Waals surface area contributed by atoms with Gasteiger partial charge in [-0.25, -0.2) is 0 Å². The Balaban J connectivity index is 1.44. The van der Waals surface area contributed by atoms with Crippen molar-refractivity contribution in [3.8, 4) is 0 Å². The summed E-state index contributed by atoms with van der Waals surface area (Å²) in [5.41, 5.74) is 1.83. The average Bonchev–Trinajstić information content (AvgIpc) is 2.83. The summed E-state index contributed by atoms with van der Waals surface area (Å²) in [4.78, 5) is 31.3. The maximum Gasteiger partial charge on any atom is 0.254 e. The van der Waals surface area contributed by atoms with Crippen molar-refractivity contribution in [2.24, 2.45) is 5.92 Å². The van der Waals surface area contributed by atoms with Gasteiger partial charge in [0, 0.05) is 37.1 Å². The lowest BCUT2D eigenvalue weighted by atomic mass is 9.95. The first-order chi connectivity index (χ1) is 15.1. The Hall–Kier alpha value is -2.79. The first kappa shape index (κ1) is 21.4. The molecule has 1 saturated heterocycles. The van der Waals surface area contributed by atoms with Gasteiger partial charge in [-0.2, -0.15) is 0 Å². The molecule has 0 saturated carbocycles. The van der Waals surface area contributed by atoms with Crippen LogP contribution in [0.3, 0.4) is 0 Å². The second-order valence-corrected chi connectivity index (χ2v) is 9.04. The molecular weight excluding hydrogens is 404 g/mol. The molecule has 2 amide bonds. The van der Waals surface area contributed by atoms with Gasteiger partial charge in [-0.05, 0) is 53.6 Å². The molecule has 4 rings (SSSR count). The first-order valence-corrected chi connectivity index (χ1v) is 11.9. The van der Waals surface area contributed by atoms with Crippen LogP contribution in [0.4, 0.5) is 0 Å². The molecule has 0 unspecified atom stereocenters. The molecule has 1 atom stereocenters. The molecule has 0 N–H and O–H groups in total. The predicted octanol–water partition coefficient (Wildman–Crippen LogP) is 5.07. The van der Waals surface area contributed by atoms with Crippen LogP contribution in [0.1, 0.15) is 28.8 Å². The van der Waals surface area contributed by atoms with Crippen LogP contribution in [-0.4, -0.2) is 48.0 Å². The fourth-order valence-corrected chi connectivity index (χ4v) is 4.75. The van der Waals surface area contributed by atoms with Crippen LogP contribution in [0.2, 0.25) is 0 Å². The molecule has 3 aromatic carbocycles. The number of hydrogen-bond acceptors (Lipinski definition) is 3. The summed E-state index contributed by atoms with van der Waals surface area (Å²) in [6, 6.07) is 22.1. The number of carbonyl (C=O) groups is 2. The fourth-order valence-electron chi connectivity index (χ4n) is 4.34.